The van der Waals surface area contributed by atoms with Gasteiger partial charge in [-0.05, 0) is 20.4 Å². The second kappa shape index (κ2) is 6.44. The van der Waals surface area contributed by atoms with Crippen molar-refractivity contribution >= 4 is 21.4 Å². The van der Waals surface area contributed by atoms with E-state index >= 15 is 0 Å². The molecule has 1 aromatic heterocycles. The van der Waals surface area contributed by atoms with Gasteiger partial charge in [-0.15, -0.1) is 11.3 Å². The number of sulfonamides is 1. The van der Waals surface area contributed by atoms with Crippen LogP contribution in [0.5, 0.6) is 0 Å². The number of aromatic nitrogens is 1. The SMILES string of the molecule is CCNCCS(=O)(=O)NC(C)c1nc(C)cs1. The molecule has 0 saturated heterocycles. The Bertz CT molecular complexity index is 442. The quantitative estimate of drug-likeness (QED) is 0.731. The van der Waals surface area contributed by atoms with Crippen molar-refractivity contribution in [1.29, 1.82) is 0 Å². The highest BCUT2D eigenvalue weighted by Gasteiger charge is 2.17. The van der Waals surface area contributed by atoms with Crippen LogP contribution in [0.4, 0.5) is 0 Å². The van der Waals surface area contributed by atoms with Gasteiger partial charge in [0.1, 0.15) is 5.01 Å². The molecule has 0 fully saturated rings. The Kier molecular flexibility index (Phi) is 5.51. The topological polar surface area (TPSA) is 71.1 Å². The van der Waals surface area contributed by atoms with E-state index in [1.54, 1.807) is 0 Å². The maximum absolute atomic E-state index is 11.7. The smallest absolute Gasteiger partial charge is 0.213 e. The number of nitrogens with zero attached hydrogens (tertiary/aromatic N) is 1. The molecular weight excluding hydrogens is 258 g/mol. The molecule has 0 saturated carbocycles. The van der Waals surface area contributed by atoms with Gasteiger partial charge < -0.3 is 5.32 Å². The standard InChI is InChI=1S/C10H19N3O2S2/c1-4-11-5-6-17(14,15)13-9(3)10-12-8(2)7-16-10/h7,9,11,13H,4-6H2,1-3H3. The van der Waals surface area contributed by atoms with Crippen molar-refractivity contribution in [2.24, 2.45) is 0 Å². The van der Waals surface area contributed by atoms with Crippen LogP contribution in [-0.4, -0.2) is 32.2 Å². The Labute approximate surface area is 107 Å². The number of hydrogen-bond donors (Lipinski definition) is 2. The second-order valence-electron chi connectivity index (χ2n) is 3.84. The van der Waals surface area contributed by atoms with Crippen LogP contribution in [0.1, 0.15) is 30.6 Å². The molecule has 0 amide bonds. The van der Waals surface area contributed by atoms with E-state index in [2.05, 4.69) is 15.0 Å². The van der Waals surface area contributed by atoms with Gasteiger partial charge in [0.05, 0.1) is 11.8 Å². The highest BCUT2D eigenvalue weighted by Crippen LogP contribution is 2.17. The van der Waals surface area contributed by atoms with Crippen LogP contribution < -0.4 is 10.0 Å². The summed E-state index contributed by atoms with van der Waals surface area (Å²) in [7, 11) is -3.24. The van der Waals surface area contributed by atoms with Crippen molar-refractivity contribution in [3.63, 3.8) is 0 Å². The molecule has 1 heterocycles. The average Bonchev–Trinajstić information content (AvgIpc) is 2.64. The Morgan fingerprint density at radius 2 is 2.24 bits per heavy atom. The first-order chi connectivity index (χ1) is 7.94. The molecule has 98 valence electrons. The number of hydrogen-bond acceptors (Lipinski definition) is 5. The molecular formula is C10H19N3O2S2. The van der Waals surface area contributed by atoms with Gasteiger partial charge >= 0.3 is 0 Å². The molecule has 5 nitrogen and oxygen atoms in total. The highest BCUT2D eigenvalue weighted by molar-refractivity contribution is 7.89. The molecule has 0 aliphatic carbocycles. The van der Waals surface area contributed by atoms with Crippen molar-refractivity contribution < 1.29 is 8.42 Å². The minimum Gasteiger partial charge on any atom is -0.316 e. The Balaban J connectivity index is 2.52. The van der Waals surface area contributed by atoms with Crippen LogP contribution in [0.25, 0.3) is 0 Å². The first kappa shape index (κ1) is 14.6. The first-order valence-electron chi connectivity index (χ1n) is 5.57. The first-order valence-corrected chi connectivity index (χ1v) is 8.10. The third kappa shape index (κ3) is 5.12. The van der Waals surface area contributed by atoms with E-state index in [0.29, 0.717) is 6.54 Å². The second-order valence-corrected chi connectivity index (χ2v) is 6.60. The van der Waals surface area contributed by atoms with E-state index < -0.39 is 10.0 Å². The number of nitrogens with one attached hydrogen (secondary N) is 2. The molecule has 0 aliphatic heterocycles. The minimum absolute atomic E-state index is 0.0928. The Hall–Kier alpha value is -0.500. The van der Waals surface area contributed by atoms with Crippen LogP contribution in [0, 0.1) is 6.92 Å². The van der Waals surface area contributed by atoms with Gasteiger partial charge in [0, 0.05) is 17.6 Å². The maximum Gasteiger partial charge on any atom is 0.213 e. The molecule has 17 heavy (non-hydrogen) atoms. The van der Waals surface area contributed by atoms with Gasteiger partial charge in [-0.3, -0.25) is 0 Å². The fraction of sp³-hybridized carbons (Fsp3) is 0.700. The number of rotatable bonds is 7. The number of aryl methyl sites for hydroxylation is 1. The minimum atomic E-state index is -3.24. The summed E-state index contributed by atoms with van der Waals surface area (Å²) in [6, 6.07) is -0.264. The predicted molar refractivity (Wildman–Crippen MR) is 70.7 cm³/mol. The van der Waals surface area contributed by atoms with E-state index in [0.717, 1.165) is 17.2 Å². The van der Waals surface area contributed by atoms with E-state index in [-0.39, 0.29) is 11.8 Å². The fourth-order valence-corrected chi connectivity index (χ4v) is 3.39. The van der Waals surface area contributed by atoms with Gasteiger partial charge in [0.15, 0.2) is 0 Å². The number of thiazole rings is 1. The molecule has 0 aliphatic rings. The highest BCUT2D eigenvalue weighted by atomic mass is 32.2. The van der Waals surface area contributed by atoms with Crippen molar-refractivity contribution in [3.05, 3.63) is 16.1 Å². The van der Waals surface area contributed by atoms with Crippen LogP contribution in [0.2, 0.25) is 0 Å². The third-order valence-corrected chi connectivity index (χ3v) is 4.76. The van der Waals surface area contributed by atoms with Crippen LogP contribution >= 0.6 is 11.3 Å². The summed E-state index contributed by atoms with van der Waals surface area (Å²) in [5.41, 5.74) is 0.920. The lowest BCUT2D eigenvalue weighted by Crippen LogP contribution is -2.33. The molecule has 0 aromatic carbocycles. The van der Waals surface area contributed by atoms with Crippen LogP contribution in [-0.2, 0) is 10.0 Å². The Morgan fingerprint density at radius 3 is 2.76 bits per heavy atom. The Morgan fingerprint density at radius 1 is 1.53 bits per heavy atom. The molecule has 1 atom stereocenters. The third-order valence-electron chi connectivity index (χ3n) is 2.16. The molecule has 0 bridgehead atoms. The summed E-state index contributed by atoms with van der Waals surface area (Å²) in [5, 5.41) is 5.71. The zero-order valence-electron chi connectivity index (χ0n) is 10.4. The molecule has 7 heteroatoms. The van der Waals surface area contributed by atoms with E-state index in [1.165, 1.54) is 11.3 Å². The summed E-state index contributed by atoms with van der Waals surface area (Å²) in [6.07, 6.45) is 0. The van der Waals surface area contributed by atoms with Gasteiger partial charge in [0.25, 0.3) is 0 Å². The molecule has 1 aromatic rings. The molecule has 1 rings (SSSR count). The zero-order valence-corrected chi connectivity index (χ0v) is 12.0. The molecule has 2 N–H and O–H groups in total. The largest absolute Gasteiger partial charge is 0.316 e. The predicted octanol–water partition coefficient (Wildman–Crippen LogP) is 1.04. The van der Waals surface area contributed by atoms with E-state index in [4.69, 9.17) is 0 Å². The average molecular weight is 277 g/mol. The van der Waals surface area contributed by atoms with Gasteiger partial charge in [-0.25, -0.2) is 18.1 Å². The monoisotopic (exact) mass is 277 g/mol. The summed E-state index contributed by atoms with van der Waals surface area (Å²) in [6.45, 7) is 6.89. The summed E-state index contributed by atoms with van der Waals surface area (Å²) >= 11 is 1.47. The summed E-state index contributed by atoms with van der Waals surface area (Å²) in [5.74, 6) is 0.0928. The molecule has 0 radical (unpaired) electrons. The van der Waals surface area contributed by atoms with Crippen molar-refractivity contribution in [3.8, 4) is 0 Å². The lowest BCUT2D eigenvalue weighted by molar-refractivity contribution is 0.562. The van der Waals surface area contributed by atoms with E-state index in [9.17, 15) is 8.42 Å². The van der Waals surface area contributed by atoms with Gasteiger partial charge in [-0.1, -0.05) is 6.92 Å². The normalized spacial score (nSPS) is 13.8. The lowest BCUT2D eigenvalue weighted by Gasteiger charge is -2.11. The molecule has 0 spiro atoms. The van der Waals surface area contributed by atoms with Crippen molar-refractivity contribution in [2.45, 2.75) is 26.8 Å². The van der Waals surface area contributed by atoms with Crippen molar-refractivity contribution in [2.75, 3.05) is 18.8 Å². The summed E-state index contributed by atoms with van der Waals surface area (Å²) < 4.78 is 26.1. The zero-order chi connectivity index (χ0) is 12.9. The maximum atomic E-state index is 11.7. The van der Waals surface area contributed by atoms with Crippen LogP contribution in [0.15, 0.2) is 5.38 Å². The van der Waals surface area contributed by atoms with Crippen molar-refractivity contribution in [1.82, 2.24) is 15.0 Å². The van der Waals surface area contributed by atoms with Gasteiger partial charge in [0.2, 0.25) is 10.0 Å². The lowest BCUT2D eigenvalue weighted by atomic mass is 10.4. The van der Waals surface area contributed by atoms with Gasteiger partial charge in [-0.2, -0.15) is 0 Å². The summed E-state index contributed by atoms with van der Waals surface area (Å²) in [4.78, 5) is 4.27. The molecule has 1 unspecified atom stereocenters. The van der Waals surface area contributed by atoms with Crippen LogP contribution in [0.3, 0.4) is 0 Å². The fourth-order valence-electron chi connectivity index (χ4n) is 1.33. The van der Waals surface area contributed by atoms with E-state index in [1.807, 2.05) is 26.2 Å².